The predicted molar refractivity (Wildman–Crippen MR) is 96.4 cm³/mol. The van der Waals surface area contributed by atoms with Gasteiger partial charge in [0.15, 0.2) is 5.84 Å². The zero-order valence-electron chi connectivity index (χ0n) is 14.2. The van der Waals surface area contributed by atoms with Crippen LogP contribution in [0.3, 0.4) is 0 Å². The third-order valence-corrected chi connectivity index (χ3v) is 4.16. The molecule has 3 aromatic carbocycles. The maximum atomic E-state index is 13.4. The second-order valence-corrected chi connectivity index (χ2v) is 5.98. The fourth-order valence-corrected chi connectivity index (χ4v) is 2.86. The number of halogens is 4. The number of nitrogens with zero attached hydrogens (tertiary/aromatic N) is 1. The first-order chi connectivity index (χ1) is 13.2. The van der Waals surface area contributed by atoms with Crippen LogP contribution in [0.1, 0.15) is 11.1 Å². The number of rotatable bonds is 3. The summed E-state index contributed by atoms with van der Waals surface area (Å²) in [5.41, 5.74) is 5.60. The maximum Gasteiger partial charge on any atom is 0.416 e. The Labute approximate surface area is 157 Å². The van der Waals surface area contributed by atoms with Gasteiger partial charge in [-0.3, -0.25) is 0 Å². The Balaban J connectivity index is 2.42. The largest absolute Gasteiger partial charge is 0.508 e. The fraction of sp³-hybridized carbons (Fsp3) is 0.0500. The van der Waals surface area contributed by atoms with E-state index in [4.69, 9.17) is 10.9 Å². The van der Waals surface area contributed by atoms with Crippen LogP contribution >= 0.6 is 0 Å². The molecule has 0 fully saturated rings. The third-order valence-electron chi connectivity index (χ3n) is 4.16. The molecule has 3 rings (SSSR count). The number of aromatic hydroxyl groups is 1. The third kappa shape index (κ3) is 3.75. The fourth-order valence-electron chi connectivity index (χ4n) is 2.86. The summed E-state index contributed by atoms with van der Waals surface area (Å²) in [6.07, 6.45) is -4.68. The van der Waals surface area contributed by atoms with Gasteiger partial charge < -0.3 is 16.0 Å². The van der Waals surface area contributed by atoms with Crippen LogP contribution in [0.2, 0.25) is 0 Å². The molecule has 0 amide bonds. The Hall–Kier alpha value is -3.55. The van der Waals surface area contributed by atoms with Crippen molar-refractivity contribution in [2.24, 2.45) is 10.9 Å². The van der Waals surface area contributed by atoms with Crippen molar-refractivity contribution in [3.8, 4) is 28.0 Å². The molecule has 0 atom stereocenters. The van der Waals surface area contributed by atoms with Crippen LogP contribution in [0.15, 0.2) is 65.8 Å². The number of oxime groups is 1. The first-order valence-electron chi connectivity index (χ1n) is 7.99. The van der Waals surface area contributed by atoms with Gasteiger partial charge in [-0.2, -0.15) is 13.2 Å². The number of phenolic OH excluding ortho intramolecular Hbond substituents is 1. The van der Waals surface area contributed by atoms with E-state index in [2.05, 4.69) is 5.16 Å². The van der Waals surface area contributed by atoms with Crippen LogP contribution in [0.4, 0.5) is 17.6 Å². The second-order valence-electron chi connectivity index (χ2n) is 5.98. The van der Waals surface area contributed by atoms with Crippen molar-refractivity contribution in [2.75, 3.05) is 0 Å². The highest BCUT2D eigenvalue weighted by Crippen LogP contribution is 2.41. The van der Waals surface area contributed by atoms with E-state index in [0.717, 1.165) is 24.3 Å². The Kier molecular flexibility index (Phi) is 4.96. The molecule has 0 aliphatic carbocycles. The molecule has 0 saturated heterocycles. The van der Waals surface area contributed by atoms with E-state index in [1.165, 1.54) is 36.4 Å². The zero-order valence-corrected chi connectivity index (χ0v) is 14.2. The first kappa shape index (κ1) is 19.2. The van der Waals surface area contributed by atoms with Gasteiger partial charge in [0.25, 0.3) is 0 Å². The molecular formula is C20H14F4N2O2. The van der Waals surface area contributed by atoms with Crippen molar-refractivity contribution in [1.29, 1.82) is 0 Å². The lowest BCUT2D eigenvalue weighted by molar-refractivity contribution is -0.137. The molecule has 0 saturated carbocycles. The van der Waals surface area contributed by atoms with Crippen molar-refractivity contribution in [1.82, 2.24) is 0 Å². The molecule has 0 aliphatic rings. The summed E-state index contributed by atoms with van der Waals surface area (Å²) in [6, 6.07) is 12.3. The molecule has 28 heavy (non-hydrogen) atoms. The van der Waals surface area contributed by atoms with E-state index >= 15 is 0 Å². The highest BCUT2D eigenvalue weighted by Gasteiger charge is 2.33. The van der Waals surface area contributed by atoms with Crippen molar-refractivity contribution >= 4 is 5.84 Å². The minimum Gasteiger partial charge on any atom is -0.508 e. The summed E-state index contributed by atoms with van der Waals surface area (Å²) in [5, 5.41) is 21.4. The molecule has 0 radical (unpaired) electrons. The number of benzene rings is 3. The van der Waals surface area contributed by atoms with E-state index in [-0.39, 0.29) is 22.4 Å². The van der Waals surface area contributed by atoms with Gasteiger partial charge in [0.1, 0.15) is 11.6 Å². The molecule has 0 aromatic heterocycles. The smallest absolute Gasteiger partial charge is 0.416 e. The second kappa shape index (κ2) is 7.22. The summed E-state index contributed by atoms with van der Waals surface area (Å²) >= 11 is 0. The van der Waals surface area contributed by atoms with Gasteiger partial charge in [0, 0.05) is 11.1 Å². The van der Waals surface area contributed by atoms with E-state index in [9.17, 15) is 22.7 Å². The van der Waals surface area contributed by atoms with Crippen LogP contribution in [0, 0.1) is 5.82 Å². The first-order valence-corrected chi connectivity index (χ1v) is 7.99. The highest BCUT2D eigenvalue weighted by atomic mass is 19.4. The molecule has 0 aliphatic heterocycles. The Morgan fingerprint density at radius 1 is 0.893 bits per heavy atom. The molecule has 0 heterocycles. The summed E-state index contributed by atoms with van der Waals surface area (Å²) < 4.78 is 53.7. The molecule has 4 N–H and O–H groups in total. The monoisotopic (exact) mass is 390 g/mol. The SMILES string of the molecule is N/C(=N\O)c1cc(C(F)(F)F)cc(-c2ccc(O)cc2)c1-c1ccc(F)cc1. The molecule has 3 aromatic rings. The van der Waals surface area contributed by atoms with E-state index in [1.807, 2.05) is 0 Å². The minimum absolute atomic E-state index is 0.0595. The van der Waals surface area contributed by atoms with Crippen LogP contribution < -0.4 is 5.73 Å². The number of alkyl halides is 3. The molecule has 0 spiro atoms. The van der Waals surface area contributed by atoms with Crippen molar-refractivity contribution in [3.05, 3.63) is 77.6 Å². The predicted octanol–water partition coefficient (Wildman–Crippen LogP) is 4.98. The molecule has 4 nitrogen and oxygen atoms in total. The number of hydrogen-bond acceptors (Lipinski definition) is 3. The standard InChI is InChI=1S/C20H14F4N2O2/c21-14-5-1-12(2-6-14)18-16(11-3-7-15(27)8-4-11)9-13(20(22,23)24)10-17(18)19(25)26-28/h1-10,27-28H,(H2,25,26). The van der Waals surface area contributed by atoms with Crippen molar-refractivity contribution < 1.29 is 27.9 Å². The summed E-state index contributed by atoms with van der Waals surface area (Å²) in [6.45, 7) is 0. The molecular weight excluding hydrogens is 376 g/mol. The number of hydrogen-bond donors (Lipinski definition) is 3. The van der Waals surface area contributed by atoms with Gasteiger partial charge in [-0.15, -0.1) is 0 Å². The van der Waals surface area contributed by atoms with E-state index in [0.29, 0.717) is 11.1 Å². The topological polar surface area (TPSA) is 78.8 Å². The minimum atomic E-state index is -4.68. The quantitative estimate of drug-likeness (QED) is 0.194. The van der Waals surface area contributed by atoms with E-state index in [1.54, 1.807) is 0 Å². The molecule has 8 heteroatoms. The Morgan fingerprint density at radius 2 is 1.46 bits per heavy atom. The average molecular weight is 390 g/mol. The lowest BCUT2D eigenvalue weighted by Crippen LogP contribution is -2.17. The van der Waals surface area contributed by atoms with Crippen LogP contribution in [0.25, 0.3) is 22.3 Å². The highest BCUT2D eigenvalue weighted by molar-refractivity contribution is 6.07. The molecule has 0 unspecified atom stereocenters. The maximum absolute atomic E-state index is 13.4. The summed E-state index contributed by atoms with van der Waals surface area (Å²) in [5.74, 6) is -1.10. The summed E-state index contributed by atoms with van der Waals surface area (Å²) in [7, 11) is 0. The zero-order chi connectivity index (χ0) is 20.5. The van der Waals surface area contributed by atoms with Crippen molar-refractivity contribution in [2.45, 2.75) is 6.18 Å². The van der Waals surface area contributed by atoms with Gasteiger partial charge in [-0.25, -0.2) is 4.39 Å². The van der Waals surface area contributed by atoms with Crippen LogP contribution in [0.5, 0.6) is 5.75 Å². The van der Waals surface area contributed by atoms with Gasteiger partial charge in [0.2, 0.25) is 0 Å². The van der Waals surface area contributed by atoms with Crippen LogP contribution in [-0.2, 0) is 6.18 Å². The number of amidine groups is 1. The number of nitrogens with two attached hydrogens (primary N) is 1. The Bertz CT molecular complexity index is 1030. The van der Waals surface area contributed by atoms with Gasteiger partial charge >= 0.3 is 6.18 Å². The van der Waals surface area contributed by atoms with Gasteiger partial charge in [0.05, 0.1) is 5.56 Å². The van der Waals surface area contributed by atoms with Gasteiger partial charge in [-0.1, -0.05) is 29.4 Å². The average Bonchev–Trinajstić information content (AvgIpc) is 2.67. The normalized spacial score (nSPS) is 12.2. The molecule has 144 valence electrons. The summed E-state index contributed by atoms with van der Waals surface area (Å²) in [4.78, 5) is 0. The number of phenols is 1. The van der Waals surface area contributed by atoms with Crippen LogP contribution in [-0.4, -0.2) is 16.1 Å². The lowest BCUT2D eigenvalue weighted by atomic mass is 9.88. The molecule has 0 bridgehead atoms. The lowest BCUT2D eigenvalue weighted by Gasteiger charge is -2.19. The Morgan fingerprint density at radius 3 is 2.00 bits per heavy atom. The van der Waals surface area contributed by atoms with Crippen molar-refractivity contribution in [3.63, 3.8) is 0 Å². The van der Waals surface area contributed by atoms with E-state index < -0.39 is 23.4 Å². The van der Waals surface area contributed by atoms with Gasteiger partial charge in [-0.05, 0) is 53.1 Å².